The lowest BCUT2D eigenvalue weighted by atomic mass is 9.84. The number of hydrogen-bond donors (Lipinski definition) is 2. The molecule has 3 N–H and O–H groups in total. The Morgan fingerprint density at radius 2 is 1.94 bits per heavy atom. The second-order valence-electron chi connectivity index (χ2n) is 5.80. The van der Waals surface area contributed by atoms with Crippen molar-refractivity contribution in [1.29, 1.82) is 0 Å². The van der Waals surface area contributed by atoms with Crippen LogP contribution in [-0.2, 0) is 10.2 Å². The number of nitrogens with one attached hydrogen (secondary N) is 1. The molecule has 0 fully saturated rings. The first-order chi connectivity index (χ1) is 8.13. The maximum Gasteiger partial charge on any atom is 0.239 e. The van der Waals surface area contributed by atoms with Gasteiger partial charge in [-0.15, -0.1) is 0 Å². The minimum absolute atomic E-state index is 0.216. The first-order valence-corrected chi connectivity index (χ1v) is 5.96. The summed E-state index contributed by atoms with van der Waals surface area (Å²) in [6, 6.07) is 6.41. The van der Waals surface area contributed by atoms with Crippen LogP contribution in [0.2, 0.25) is 0 Å². The molecule has 0 radical (unpaired) electrons. The van der Waals surface area contributed by atoms with E-state index in [0.717, 1.165) is 5.56 Å². The fraction of sp³-hybridized carbons (Fsp3) is 0.500. The van der Waals surface area contributed by atoms with Gasteiger partial charge in [0.1, 0.15) is 5.82 Å². The third kappa shape index (κ3) is 3.81. The molecule has 0 saturated heterocycles. The van der Waals surface area contributed by atoms with Gasteiger partial charge in [-0.25, -0.2) is 4.39 Å². The van der Waals surface area contributed by atoms with Crippen LogP contribution in [0.25, 0.3) is 0 Å². The summed E-state index contributed by atoms with van der Waals surface area (Å²) in [5.74, 6) is -0.488. The number of rotatable bonds is 4. The standard InChI is InChI=1S/C14H21FN2O/c1-13(2,9-17-12(18)14(3,4)16)10-6-5-7-11(15)8-10/h5-8H,9,16H2,1-4H3,(H,17,18). The van der Waals surface area contributed by atoms with Crippen molar-refractivity contribution in [1.82, 2.24) is 5.32 Å². The fourth-order valence-electron chi connectivity index (χ4n) is 1.54. The maximum atomic E-state index is 13.2. The largest absolute Gasteiger partial charge is 0.354 e. The number of halogens is 1. The summed E-state index contributed by atoms with van der Waals surface area (Å²) >= 11 is 0. The Labute approximate surface area is 108 Å². The van der Waals surface area contributed by atoms with E-state index in [1.54, 1.807) is 19.9 Å². The molecule has 0 aliphatic carbocycles. The second kappa shape index (κ2) is 5.06. The molecular formula is C14H21FN2O. The molecule has 0 aromatic heterocycles. The van der Waals surface area contributed by atoms with E-state index in [-0.39, 0.29) is 17.1 Å². The molecule has 0 saturated carbocycles. The predicted molar refractivity (Wildman–Crippen MR) is 70.7 cm³/mol. The van der Waals surface area contributed by atoms with Crippen LogP contribution in [0.1, 0.15) is 33.3 Å². The quantitative estimate of drug-likeness (QED) is 0.860. The number of hydrogen-bond acceptors (Lipinski definition) is 2. The summed E-state index contributed by atoms with van der Waals surface area (Å²) in [5, 5.41) is 2.79. The molecule has 3 nitrogen and oxygen atoms in total. The number of benzene rings is 1. The maximum absolute atomic E-state index is 13.2. The van der Waals surface area contributed by atoms with Crippen LogP contribution < -0.4 is 11.1 Å². The van der Waals surface area contributed by atoms with Crippen molar-refractivity contribution in [2.45, 2.75) is 38.6 Å². The summed E-state index contributed by atoms with van der Waals surface area (Å²) in [6.45, 7) is 7.61. The van der Waals surface area contributed by atoms with Gasteiger partial charge in [0, 0.05) is 12.0 Å². The number of carbonyl (C=O) groups excluding carboxylic acids is 1. The Morgan fingerprint density at radius 3 is 2.44 bits per heavy atom. The van der Waals surface area contributed by atoms with E-state index in [4.69, 9.17) is 5.73 Å². The number of amides is 1. The molecule has 0 spiro atoms. The molecule has 1 rings (SSSR count). The van der Waals surface area contributed by atoms with Gasteiger partial charge in [0.15, 0.2) is 0 Å². The van der Waals surface area contributed by atoms with Crippen LogP contribution in [0.4, 0.5) is 4.39 Å². The highest BCUT2D eigenvalue weighted by Crippen LogP contribution is 2.22. The van der Waals surface area contributed by atoms with Gasteiger partial charge in [-0.2, -0.15) is 0 Å². The van der Waals surface area contributed by atoms with E-state index < -0.39 is 5.54 Å². The van der Waals surface area contributed by atoms with Gasteiger partial charge in [-0.1, -0.05) is 26.0 Å². The number of nitrogens with two attached hydrogens (primary N) is 1. The van der Waals surface area contributed by atoms with Crippen molar-refractivity contribution in [3.05, 3.63) is 35.6 Å². The zero-order valence-corrected chi connectivity index (χ0v) is 11.4. The third-order valence-corrected chi connectivity index (χ3v) is 2.88. The molecule has 4 heteroatoms. The minimum atomic E-state index is -0.905. The zero-order valence-electron chi connectivity index (χ0n) is 11.4. The van der Waals surface area contributed by atoms with E-state index in [1.165, 1.54) is 12.1 Å². The fourth-order valence-corrected chi connectivity index (χ4v) is 1.54. The Hall–Kier alpha value is -1.42. The van der Waals surface area contributed by atoms with Crippen LogP contribution in [0, 0.1) is 5.82 Å². The van der Waals surface area contributed by atoms with Crippen LogP contribution in [0.5, 0.6) is 0 Å². The smallest absolute Gasteiger partial charge is 0.239 e. The molecule has 0 bridgehead atoms. The zero-order chi connectivity index (χ0) is 14.0. The molecule has 0 aliphatic rings. The average Bonchev–Trinajstić information content (AvgIpc) is 2.24. The molecule has 0 heterocycles. The normalized spacial score (nSPS) is 12.3. The topological polar surface area (TPSA) is 55.1 Å². The second-order valence-corrected chi connectivity index (χ2v) is 5.80. The highest BCUT2D eigenvalue weighted by atomic mass is 19.1. The summed E-state index contributed by atoms with van der Waals surface area (Å²) in [7, 11) is 0. The Kier molecular flexibility index (Phi) is 4.12. The summed E-state index contributed by atoms with van der Waals surface area (Å²) in [5.41, 5.74) is 5.30. The molecule has 0 unspecified atom stereocenters. The first kappa shape index (κ1) is 14.6. The number of carbonyl (C=O) groups is 1. The first-order valence-electron chi connectivity index (χ1n) is 5.96. The summed E-state index contributed by atoms with van der Waals surface area (Å²) < 4.78 is 13.2. The minimum Gasteiger partial charge on any atom is -0.354 e. The molecule has 1 aromatic rings. The SMILES string of the molecule is CC(C)(N)C(=O)NCC(C)(C)c1cccc(F)c1. The molecule has 0 aliphatic heterocycles. The van der Waals surface area contributed by atoms with E-state index in [2.05, 4.69) is 5.32 Å². The average molecular weight is 252 g/mol. The predicted octanol–water partition coefficient (Wildman–Crippen LogP) is 1.96. The van der Waals surface area contributed by atoms with Crippen molar-refractivity contribution in [3.63, 3.8) is 0 Å². The van der Waals surface area contributed by atoms with E-state index >= 15 is 0 Å². The van der Waals surface area contributed by atoms with E-state index in [9.17, 15) is 9.18 Å². The summed E-state index contributed by atoms with van der Waals surface area (Å²) in [4.78, 5) is 11.7. The van der Waals surface area contributed by atoms with Gasteiger partial charge >= 0.3 is 0 Å². The van der Waals surface area contributed by atoms with Gasteiger partial charge in [0.05, 0.1) is 5.54 Å². The summed E-state index contributed by atoms with van der Waals surface area (Å²) in [6.07, 6.45) is 0. The molecular weight excluding hydrogens is 231 g/mol. The van der Waals surface area contributed by atoms with Gasteiger partial charge in [0.25, 0.3) is 0 Å². The Morgan fingerprint density at radius 1 is 1.33 bits per heavy atom. The van der Waals surface area contributed by atoms with Gasteiger partial charge in [0.2, 0.25) is 5.91 Å². The third-order valence-electron chi connectivity index (χ3n) is 2.88. The monoisotopic (exact) mass is 252 g/mol. The van der Waals surface area contributed by atoms with Crippen LogP contribution in [-0.4, -0.2) is 18.0 Å². The van der Waals surface area contributed by atoms with Gasteiger partial charge in [-0.3, -0.25) is 4.79 Å². The molecule has 1 amide bonds. The van der Waals surface area contributed by atoms with Crippen LogP contribution in [0.3, 0.4) is 0 Å². The molecule has 100 valence electrons. The van der Waals surface area contributed by atoms with Gasteiger partial charge < -0.3 is 11.1 Å². The molecule has 1 aromatic carbocycles. The van der Waals surface area contributed by atoms with Gasteiger partial charge in [-0.05, 0) is 31.5 Å². The van der Waals surface area contributed by atoms with Crippen LogP contribution >= 0.6 is 0 Å². The Balaban J connectivity index is 2.74. The lowest BCUT2D eigenvalue weighted by molar-refractivity contribution is -0.125. The van der Waals surface area contributed by atoms with Crippen molar-refractivity contribution in [3.8, 4) is 0 Å². The highest BCUT2D eigenvalue weighted by Gasteiger charge is 2.26. The lowest BCUT2D eigenvalue weighted by Gasteiger charge is -2.28. The van der Waals surface area contributed by atoms with Crippen molar-refractivity contribution < 1.29 is 9.18 Å². The van der Waals surface area contributed by atoms with Crippen molar-refractivity contribution in [2.75, 3.05) is 6.54 Å². The van der Waals surface area contributed by atoms with Crippen LogP contribution in [0.15, 0.2) is 24.3 Å². The Bertz CT molecular complexity index is 436. The van der Waals surface area contributed by atoms with Crippen molar-refractivity contribution in [2.24, 2.45) is 5.73 Å². The van der Waals surface area contributed by atoms with Crippen molar-refractivity contribution >= 4 is 5.91 Å². The van der Waals surface area contributed by atoms with E-state index in [1.807, 2.05) is 19.9 Å². The molecule has 18 heavy (non-hydrogen) atoms. The highest BCUT2D eigenvalue weighted by molar-refractivity contribution is 5.85. The lowest BCUT2D eigenvalue weighted by Crippen LogP contribution is -2.51. The molecule has 0 atom stereocenters. The van der Waals surface area contributed by atoms with E-state index in [0.29, 0.717) is 6.54 Å².